The summed E-state index contributed by atoms with van der Waals surface area (Å²) in [5.74, 6) is 0.725. The quantitative estimate of drug-likeness (QED) is 0.895. The Morgan fingerprint density at radius 1 is 1.10 bits per heavy atom. The molecule has 0 aliphatic carbocycles. The Hall–Kier alpha value is -2.01. The molecule has 2 nitrogen and oxygen atoms in total. The summed E-state index contributed by atoms with van der Waals surface area (Å²) >= 11 is 0. The van der Waals surface area contributed by atoms with Gasteiger partial charge in [0, 0.05) is 6.54 Å². The number of hydrogen-bond acceptors (Lipinski definition) is 2. The zero-order valence-electron chi connectivity index (χ0n) is 11.8. The molecule has 2 rings (SSSR count). The molecule has 0 atom stereocenters. The van der Waals surface area contributed by atoms with Gasteiger partial charge in [0.15, 0.2) is 0 Å². The highest BCUT2D eigenvalue weighted by molar-refractivity contribution is 5.41. The molecule has 0 aliphatic rings. The van der Waals surface area contributed by atoms with E-state index in [9.17, 15) is 13.2 Å². The minimum Gasteiger partial charge on any atom is -0.457 e. The Bertz CT molecular complexity index is 623. The summed E-state index contributed by atoms with van der Waals surface area (Å²) in [6.07, 6.45) is -4.41. The van der Waals surface area contributed by atoms with Gasteiger partial charge >= 0.3 is 6.18 Å². The van der Waals surface area contributed by atoms with Gasteiger partial charge in [-0.1, -0.05) is 24.3 Å². The molecule has 0 spiro atoms. The van der Waals surface area contributed by atoms with E-state index in [1.54, 1.807) is 25.2 Å². The van der Waals surface area contributed by atoms with Crippen LogP contribution >= 0.6 is 0 Å². The third-order valence-electron chi connectivity index (χ3n) is 3.08. The van der Waals surface area contributed by atoms with Crippen molar-refractivity contribution in [1.29, 1.82) is 0 Å². The van der Waals surface area contributed by atoms with Gasteiger partial charge in [0.1, 0.15) is 11.5 Å². The van der Waals surface area contributed by atoms with Gasteiger partial charge in [0.2, 0.25) is 0 Å². The Balaban J connectivity index is 2.36. The number of rotatable bonds is 4. The third kappa shape index (κ3) is 3.76. The Morgan fingerprint density at radius 2 is 1.81 bits per heavy atom. The molecule has 0 saturated heterocycles. The molecule has 112 valence electrons. The first-order valence-electron chi connectivity index (χ1n) is 6.50. The summed E-state index contributed by atoms with van der Waals surface area (Å²) in [6, 6.07) is 11.2. The largest absolute Gasteiger partial charge is 0.457 e. The summed E-state index contributed by atoms with van der Waals surface area (Å²) in [6.45, 7) is 1.99. The van der Waals surface area contributed by atoms with Gasteiger partial charge < -0.3 is 10.1 Å². The Morgan fingerprint density at radius 3 is 2.43 bits per heavy atom. The molecule has 1 N–H and O–H groups in total. The van der Waals surface area contributed by atoms with Crippen LogP contribution in [0.4, 0.5) is 13.2 Å². The van der Waals surface area contributed by atoms with Crippen molar-refractivity contribution in [1.82, 2.24) is 5.32 Å². The van der Waals surface area contributed by atoms with E-state index in [2.05, 4.69) is 5.32 Å². The van der Waals surface area contributed by atoms with Gasteiger partial charge in [-0.05, 0) is 43.3 Å². The summed E-state index contributed by atoms with van der Waals surface area (Å²) in [7, 11) is 1.61. The van der Waals surface area contributed by atoms with Crippen molar-refractivity contribution < 1.29 is 17.9 Å². The van der Waals surface area contributed by atoms with Crippen LogP contribution in [-0.4, -0.2) is 7.05 Å². The van der Waals surface area contributed by atoms with E-state index in [1.807, 2.05) is 19.1 Å². The summed E-state index contributed by atoms with van der Waals surface area (Å²) in [5.41, 5.74) is 0.385. The first kappa shape index (κ1) is 15.4. The van der Waals surface area contributed by atoms with Crippen molar-refractivity contribution in [3.63, 3.8) is 0 Å². The second-order valence-corrected chi connectivity index (χ2v) is 4.71. The number of ether oxygens (including phenoxy) is 1. The molecule has 0 unspecified atom stereocenters. The lowest BCUT2D eigenvalue weighted by atomic mass is 10.1. The number of para-hydroxylation sites is 1. The normalized spacial score (nSPS) is 11.5. The van der Waals surface area contributed by atoms with Gasteiger partial charge in [0.25, 0.3) is 0 Å². The molecule has 0 amide bonds. The average Bonchev–Trinajstić information content (AvgIpc) is 2.42. The predicted octanol–water partition coefficient (Wildman–Crippen LogP) is 4.53. The Kier molecular flexibility index (Phi) is 4.53. The fraction of sp³-hybridized carbons (Fsp3) is 0.250. The molecular formula is C16H16F3NO. The fourth-order valence-corrected chi connectivity index (χ4v) is 2.03. The van der Waals surface area contributed by atoms with Crippen LogP contribution in [0.2, 0.25) is 0 Å². The summed E-state index contributed by atoms with van der Waals surface area (Å²) in [5, 5.41) is 2.73. The van der Waals surface area contributed by atoms with Crippen LogP contribution in [0, 0.1) is 6.92 Å². The summed E-state index contributed by atoms with van der Waals surface area (Å²) in [4.78, 5) is 0. The van der Waals surface area contributed by atoms with Gasteiger partial charge in [-0.25, -0.2) is 0 Å². The number of benzene rings is 2. The molecule has 5 heteroatoms. The molecular weight excluding hydrogens is 279 g/mol. The number of hydrogen-bond donors (Lipinski definition) is 1. The van der Waals surface area contributed by atoms with Crippen LogP contribution < -0.4 is 10.1 Å². The van der Waals surface area contributed by atoms with Crippen molar-refractivity contribution in [2.75, 3.05) is 7.05 Å². The first-order valence-corrected chi connectivity index (χ1v) is 6.50. The highest BCUT2D eigenvalue weighted by Crippen LogP contribution is 2.36. The van der Waals surface area contributed by atoms with Crippen molar-refractivity contribution in [2.24, 2.45) is 0 Å². The Labute approximate surface area is 121 Å². The minimum absolute atomic E-state index is 0.152. The second-order valence-electron chi connectivity index (χ2n) is 4.71. The number of halogens is 3. The van der Waals surface area contributed by atoms with E-state index in [-0.39, 0.29) is 17.9 Å². The maximum Gasteiger partial charge on any atom is 0.416 e. The maximum absolute atomic E-state index is 13.1. The van der Waals surface area contributed by atoms with Crippen LogP contribution in [0.25, 0.3) is 0 Å². The number of alkyl halides is 3. The molecule has 0 bridgehead atoms. The van der Waals surface area contributed by atoms with E-state index in [0.717, 1.165) is 11.6 Å². The fourth-order valence-electron chi connectivity index (χ4n) is 2.03. The van der Waals surface area contributed by atoms with Crippen LogP contribution in [0.5, 0.6) is 11.5 Å². The van der Waals surface area contributed by atoms with E-state index >= 15 is 0 Å². The van der Waals surface area contributed by atoms with Crippen molar-refractivity contribution >= 4 is 0 Å². The highest BCUT2D eigenvalue weighted by atomic mass is 19.4. The monoisotopic (exact) mass is 295 g/mol. The molecule has 0 saturated carbocycles. The molecule has 0 radical (unpaired) electrons. The molecule has 2 aromatic carbocycles. The minimum atomic E-state index is -4.41. The van der Waals surface area contributed by atoms with Crippen LogP contribution in [-0.2, 0) is 12.7 Å². The van der Waals surface area contributed by atoms with E-state index < -0.39 is 11.7 Å². The SMILES string of the molecule is CNCc1ccc(Oc2ccccc2C)cc1C(F)(F)F. The van der Waals surface area contributed by atoms with Gasteiger partial charge in [-0.2, -0.15) is 13.2 Å². The molecule has 0 aliphatic heterocycles. The van der Waals surface area contributed by atoms with E-state index in [1.165, 1.54) is 6.07 Å². The molecule has 2 aromatic rings. The van der Waals surface area contributed by atoms with Crippen LogP contribution in [0.3, 0.4) is 0 Å². The molecule has 0 fully saturated rings. The van der Waals surface area contributed by atoms with Crippen molar-refractivity contribution in [3.8, 4) is 11.5 Å². The highest BCUT2D eigenvalue weighted by Gasteiger charge is 2.33. The molecule has 21 heavy (non-hydrogen) atoms. The van der Waals surface area contributed by atoms with Gasteiger partial charge in [-0.15, -0.1) is 0 Å². The van der Waals surface area contributed by atoms with Crippen LogP contribution in [0.15, 0.2) is 42.5 Å². The zero-order chi connectivity index (χ0) is 15.5. The molecule has 0 aromatic heterocycles. The van der Waals surface area contributed by atoms with E-state index in [0.29, 0.717) is 5.75 Å². The number of nitrogens with one attached hydrogen (secondary N) is 1. The van der Waals surface area contributed by atoms with Gasteiger partial charge in [-0.3, -0.25) is 0 Å². The maximum atomic E-state index is 13.1. The van der Waals surface area contributed by atoms with Gasteiger partial charge in [0.05, 0.1) is 5.56 Å². The van der Waals surface area contributed by atoms with Crippen molar-refractivity contribution in [2.45, 2.75) is 19.6 Å². The third-order valence-corrected chi connectivity index (χ3v) is 3.08. The van der Waals surface area contributed by atoms with Crippen molar-refractivity contribution in [3.05, 3.63) is 59.2 Å². The first-order chi connectivity index (χ1) is 9.91. The lowest BCUT2D eigenvalue weighted by Gasteiger charge is -2.15. The van der Waals surface area contributed by atoms with Crippen LogP contribution in [0.1, 0.15) is 16.7 Å². The number of aryl methyl sites for hydroxylation is 1. The lowest BCUT2D eigenvalue weighted by molar-refractivity contribution is -0.138. The molecule has 0 heterocycles. The summed E-state index contributed by atoms with van der Waals surface area (Å²) < 4.78 is 44.8. The second kappa shape index (κ2) is 6.18. The smallest absolute Gasteiger partial charge is 0.416 e. The van der Waals surface area contributed by atoms with E-state index in [4.69, 9.17) is 4.74 Å². The average molecular weight is 295 g/mol. The zero-order valence-corrected chi connectivity index (χ0v) is 11.8. The standard InChI is InChI=1S/C16H16F3NO/c1-11-5-3-4-6-15(11)21-13-8-7-12(10-20-2)14(9-13)16(17,18)19/h3-9,20H,10H2,1-2H3. The topological polar surface area (TPSA) is 21.3 Å². The lowest BCUT2D eigenvalue weighted by Crippen LogP contribution is -2.14. The predicted molar refractivity (Wildman–Crippen MR) is 75.5 cm³/mol.